The van der Waals surface area contributed by atoms with Gasteiger partial charge in [0.1, 0.15) is 0 Å². The number of quaternary nitrogens is 1. The van der Waals surface area contributed by atoms with Gasteiger partial charge in [-0.15, -0.1) is 0 Å². The molecule has 0 unspecified atom stereocenters. The first kappa shape index (κ1) is 35.1. The van der Waals surface area contributed by atoms with E-state index in [0.29, 0.717) is 6.54 Å². The number of hydrogen-bond acceptors (Lipinski definition) is 4. The van der Waals surface area contributed by atoms with Crippen LogP contribution < -0.4 is 5.11 Å². The standard InChI is InChI=1S/C30H55NO6/c1-2-3-4-5-6-7-8-9-10-11-12-13-14-15-16-17-18-19-20-24-31(25-21-28(32)33,26-22-29(34)35)27-23-30(36)37/h2-3H,4-27H2,1H3,(H2-,32,33,34,35,36,37)/b3-2+. The lowest BCUT2D eigenvalue weighted by Gasteiger charge is -2.38. The molecule has 0 aliphatic carbocycles. The van der Waals surface area contributed by atoms with Gasteiger partial charge in [-0.3, -0.25) is 9.59 Å². The molecule has 0 saturated heterocycles. The molecule has 216 valence electrons. The van der Waals surface area contributed by atoms with Gasteiger partial charge in [0, 0.05) is 12.4 Å². The van der Waals surface area contributed by atoms with Crippen LogP contribution in [0.2, 0.25) is 0 Å². The van der Waals surface area contributed by atoms with Crippen molar-refractivity contribution >= 4 is 17.9 Å². The number of carbonyl (C=O) groups excluding carboxylic acids is 1. The van der Waals surface area contributed by atoms with Crippen molar-refractivity contribution in [1.82, 2.24) is 0 Å². The Morgan fingerprint density at radius 3 is 1.27 bits per heavy atom. The summed E-state index contributed by atoms with van der Waals surface area (Å²) in [6.45, 7) is 3.44. The lowest BCUT2D eigenvalue weighted by molar-refractivity contribution is -0.927. The Bertz CT molecular complexity index is 574. The number of nitrogens with zero attached hydrogens (tertiary/aromatic N) is 1. The first-order chi connectivity index (χ1) is 17.8. The molecule has 0 heterocycles. The van der Waals surface area contributed by atoms with Crippen LogP contribution in [0.4, 0.5) is 0 Å². The second-order valence-electron chi connectivity index (χ2n) is 10.7. The smallest absolute Gasteiger partial charge is 0.309 e. The summed E-state index contributed by atoms with van der Waals surface area (Å²) >= 11 is 0. The molecule has 7 nitrogen and oxygen atoms in total. The summed E-state index contributed by atoms with van der Waals surface area (Å²) in [5.41, 5.74) is 0. The Kier molecular flexibility index (Phi) is 23.2. The van der Waals surface area contributed by atoms with E-state index in [1.807, 2.05) is 0 Å². The van der Waals surface area contributed by atoms with E-state index in [1.54, 1.807) is 0 Å². The van der Waals surface area contributed by atoms with Gasteiger partial charge in [0.2, 0.25) is 0 Å². The predicted octanol–water partition coefficient (Wildman–Crippen LogP) is 6.10. The molecule has 0 fully saturated rings. The summed E-state index contributed by atoms with van der Waals surface area (Å²) in [4.78, 5) is 33.2. The number of rotatable bonds is 28. The molecule has 2 N–H and O–H groups in total. The third-order valence-electron chi connectivity index (χ3n) is 7.38. The average Bonchev–Trinajstić information content (AvgIpc) is 2.85. The maximum atomic E-state index is 11.1. The van der Waals surface area contributed by atoms with Crippen molar-refractivity contribution in [2.75, 3.05) is 26.2 Å². The predicted molar refractivity (Wildman–Crippen MR) is 147 cm³/mol. The number of hydrogen-bond donors (Lipinski definition) is 2. The largest absolute Gasteiger partial charge is 0.550 e. The Morgan fingerprint density at radius 1 is 0.568 bits per heavy atom. The molecule has 0 aromatic rings. The number of allylic oxidation sites excluding steroid dienone is 2. The second-order valence-corrected chi connectivity index (χ2v) is 10.7. The number of carboxylic acids is 3. The highest BCUT2D eigenvalue weighted by Crippen LogP contribution is 2.17. The lowest BCUT2D eigenvalue weighted by Crippen LogP contribution is -2.53. The summed E-state index contributed by atoms with van der Waals surface area (Å²) in [5, 5.41) is 29.2. The molecule has 0 rings (SSSR count). The summed E-state index contributed by atoms with van der Waals surface area (Å²) in [6.07, 6.45) is 25.4. The molecule has 0 aliphatic heterocycles. The Hall–Kier alpha value is -1.89. The topological polar surface area (TPSA) is 115 Å². The summed E-state index contributed by atoms with van der Waals surface area (Å²) in [6, 6.07) is 0. The van der Waals surface area contributed by atoms with Crippen molar-refractivity contribution in [1.29, 1.82) is 0 Å². The van der Waals surface area contributed by atoms with Gasteiger partial charge in [0.25, 0.3) is 0 Å². The molecule has 0 spiro atoms. The fourth-order valence-corrected chi connectivity index (χ4v) is 5.02. The van der Waals surface area contributed by atoms with E-state index in [2.05, 4.69) is 19.1 Å². The van der Waals surface area contributed by atoms with Gasteiger partial charge in [0.05, 0.1) is 39.0 Å². The van der Waals surface area contributed by atoms with E-state index in [9.17, 15) is 19.5 Å². The lowest BCUT2D eigenvalue weighted by atomic mass is 10.0. The zero-order chi connectivity index (χ0) is 27.6. The highest BCUT2D eigenvalue weighted by Gasteiger charge is 2.28. The fraction of sp³-hybridized carbons (Fsp3) is 0.833. The second kappa shape index (κ2) is 24.4. The summed E-state index contributed by atoms with van der Waals surface area (Å²) < 4.78 is 0.225. The van der Waals surface area contributed by atoms with Crippen LogP contribution in [0.15, 0.2) is 12.2 Å². The Morgan fingerprint density at radius 2 is 0.919 bits per heavy atom. The first-order valence-corrected chi connectivity index (χ1v) is 14.9. The number of carboxylic acid groups (broad SMARTS) is 3. The molecule has 7 heteroatoms. The molecule has 0 aromatic carbocycles. The molecule has 0 atom stereocenters. The van der Waals surface area contributed by atoms with Gasteiger partial charge in [-0.1, -0.05) is 95.6 Å². The molecule has 0 radical (unpaired) electrons. The van der Waals surface area contributed by atoms with Crippen LogP contribution >= 0.6 is 0 Å². The third kappa shape index (κ3) is 24.2. The van der Waals surface area contributed by atoms with Gasteiger partial charge in [-0.25, -0.2) is 0 Å². The minimum Gasteiger partial charge on any atom is -0.550 e. The maximum Gasteiger partial charge on any atom is 0.309 e. The average molecular weight is 526 g/mol. The molecule has 0 amide bonds. The SMILES string of the molecule is C/C=C/CCCCCCCCCCCCCCCCCC[N+](CCC(=O)[O-])(CCC(=O)O)CCC(=O)O. The third-order valence-corrected chi connectivity index (χ3v) is 7.38. The molecule has 37 heavy (non-hydrogen) atoms. The van der Waals surface area contributed by atoms with E-state index in [4.69, 9.17) is 10.2 Å². The van der Waals surface area contributed by atoms with Gasteiger partial charge in [-0.05, 0) is 32.6 Å². The van der Waals surface area contributed by atoms with E-state index in [0.717, 1.165) is 19.3 Å². The van der Waals surface area contributed by atoms with Crippen molar-refractivity contribution in [3.05, 3.63) is 12.2 Å². The van der Waals surface area contributed by atoms with Crippen molar-refractivity contribution in [3.63, 3.8) is 0 Å². The zero-order valence-electron chi connectivity index (χ0n) is 23.6. The van der Waals surface area contributed by atoms with Gasteiger partial charge >= 0.3 is 11.9 Å². The van der Waals surface area contributed by atoms with Gasteiger partial charge in [-0.2, -0.15) is 0 Å². The van der Waals surface area contributed by atoms with Crippen LogP contribution in [0.3, 0.4) is 0 Å². The quantitative estimate of drug-likeness (QED) is 0.0724. The van der Waals surface area contributed by atoms with Crippen LogP contribution in [0.25, 0.3) is 0 Å². The van der Waals surface area contributed by atoms with Crippen LogP contribution in [0.5, 0.6) is 0 Å². The molecule has 0 aromatic heterocycles. The summed E-state index contributed by atoms with van der Waals surface area (Å²) in [7, 11) is 0. The van der Waals surface area contributed by atoms with Crippen LogP contribution in [0, 0.1) is 0 Å². The van der Waals surface area contributed by atoms with Crippen molar-refractivity contribution in [2.45, 2.75) is 135 Å². The Labute approximate surface area is 225 Å². The Balaban J connectivity index is 3.90. The molecular formula is C30H55NO6. The maximum absolute atomic E-state index is 11.1. The van der Waals surface area contributed by atoms with E-state index in [1.165, 1.54) is 89.9 Å². The first-order valence-electron chi connectivity index (χ1n) is 14.9. The van der Waals surface area contributed by atoms with E-state index >= 15 is 0 Å². The minimum atomic E-state index is -1.18. The van der Waals surface area contributed by atoms with Gasteiger partial charge in [0.15, 0.2) is 0 Å². The van der Waals surface area contributed by atoms with Crippen LogP contribution in [0.1, 0.15) is 135 Å². The highest BCUT2D eigenvalue weighted by molar-refractivity contribution is 5.67. The zero-order valence-corrected chi connectivity index (χ0v) is 23.6. The van der Waals surface area contributed by atoms with E-state index in [-0.39, 0.29) is 43.4 Å². The number of unbranched alkanes of at least 4 members (excludes halogenated alkanes) is 16. The number of aliphatic carboxylic acids is 3. The van der Waals surface area contributed by atoms with Crippen molar-refractivity contribution in [3.8, 4) is 0 Å². The number of carbonyl (C=O) groups is 3. The van der Waals surface area contributed by atoms with E-state index < -0.39 is 17.9 Å². The molecule has 0 aliphatic rings. The van der Waals surface area contributed by atoms with Crippen LogP contribution in [-0.4, -0.2) is 58.8 Å². The minimum absolute atomic E-state index is 0.0935. The monoisotopic (exact) mass is 525 g/mol. The fourth-order valence-electron chi connectivity index (χ4n) is 5.02. The molecular weight excluding hydrogens is 470 g/mol. The van der Waals surface area contributed by atoms with Crippen molar-refractivity contribution < 1.29 is 34.2 Å². The summed E-state index contributed by atoms with van der Waals surface area (Å²) in [5.74, 6) is -3.07. The van der Waals surface area contributed by atoms with Crippen LogP contribution in [-0.2, 0) is 14.4 Å². The normalized spacial score (nSPS) is 11.8. The molecule has 0 saturated carbocycles. The van der Waals surface area contributed by atoms with Crippen molar-refractivity contribution in [2.24, 2.45) is 0 Å². The molecule has 0 bridgehead atoms. The highest BCUT2D eigenvalue weighted by atomic mass is 16.4. The van der Waals surface area contributed by atoms with Gasteiger partial charge < -0.3 is 24.6 Å².